The van der Waals surface area contributed by atoms with Crippen molar-refractivity contribution in [1.82, 2.24) is 0 Å². The van der Waals surface area contributed by atoms with Gasteiger partial charge in [-0.25, -0.2) is 0 Å². The molecule has 154 valence electrons. The minimum atomic E-state index is -0.385. The van der Waals surface area contributed by atoms with Crippen molar-refractivity contribution >= 4 is 11.6 Å². The van der Waals surface area contributed by atoms with Crippen LogP contribution in [-0.2, 0) is 14.3 Å². The monoisotopic (exact) mass is 384 g/mol. The van der Waals surface area contributed by atoms with E-state index in [2.05, 4.69) is 26.0 Å². The first-order chi connectivity index (χ1) is 13.0. The summed E-state index contributed by atoms with van der Waals surface area (Å²) < 4.78 is 5.54. The van der Waals surface area contributed by atoms with Gasteiger partial charge in [0.05, 0.1) is 12.9 Å². The first-order valence-corrected chi connectivity index (χ1v) is 11.0. The van der Waals surface area contributed by atoms with Crippen molar-refractivity contribution in [3.8, 4) is 0 Å². The zero-order valence-corrected chi connectivity index (χ0v) is 18.4. The molecule has 0 aromatic rings. The maximum atomic E-state index is 13.3. The fraction of sp³-hybridized carbons (Fsp3) is 0.760. The number of allylic oxidation sites excluding steroid dienone is 4. The molecule has 6 atom stereocenters. The molecule has 0 spiro atoms. The normalized spacial score (nSPS) is 42.7. The van der Waals surface area contributed by atoms with Crippen LogP contribution in [0.15, 0.2) is 23.5 Å². The molecule has 4 aliphatic carbocycles. The maximum absolute atomic E-state index is 13.3. The molecular weight excluding hydrogens is 348 g/mol. The highest BCUT2D eigenvalue weighted by atomic mass is 16.5. The number of ether oxygens (including phenoxy) is 1. The van der Waals surface area contributed by atoms with E-state index in [4.69, 9.17) is 4.74 Å². The summed E-state index contributed by atoms with van der Waals surface area (Å²) in [6, 6.07) is 0. The van der Waals surface area contributed by atoms with Crippen LogP contribution in [0.25, 0.3) is 0 Å². The number of carbonyl (C=O) groups excluding carboxylic acids is 2. The second kappa shape index (κ2) is 6.31. The largest absolute Gasteiger partial charge is 0.501 e. The van der Waals surface area contributed by atoms with Gasteiger partial charge in [-0.1, -0.05) is 40.7 Å². The Balaban J connectivity index is 1.74. The summed E-state index contributed by atoms with van der Waals surface area (Å²) >= 11 is 0. The first kappa shape index (κ1) is 19.9. The van der Waals surface area contributed by atoms with Crippen LogP contribution in [0.4, 0.5) is 0 Å². The van der Waals surface area contributed by atoms with Crippen LogP contribution >= 0.6 is 0 Å². The molecule has 0 bridgehead atoms. The van der Waals surface area contributed by atoms with Crippen molar-refractivity contribution in [3.05, 3.63) is 23.5 Å². The Morgan fingerprint density at radius 2 is 1.89 bits per heavy atom. The van der Waals surface area contributed by atoms with E-state index in [1.54, 1.807) is 7.11 Å². The zero-order chi connectivity index (χ0) is 20.5. The Kier molecular flexibility index (Phi) is 4.49. The van der Waals surface area contributed by atoms with Crippen LogP contribution in [0.1, 0.15) is 73.1 Å². The molecule has 2 saturated carbocycles. The summed E-state index contributed by atoms with van der Waals surface area (Å²) in [4.78, 5) is 26.4. The molecule has 0 aromatic carbocycles. The van der Waals surface area contributed by atoms with E-state index < -0.39 is 0 Å². The third kappa shape index (κ3) is 2.68. The molecule has 3 heteroatoms. The predicted molar refractivity (Wildman–Crippen MR) is 111 cm³/mol. The highest BCUT2D eigenvalue weighted by molar-refractivity contribution is 5.97. The molecule has 4 rings (SSSR count). The van der Waals surface area contributed by atoms with Gasteiger partial charge in [-0.15, -0.1) is 0 Å². The molecule has 0 amide bonds. The fourth-order valence-corrected chi connectivity index (χ4v) is 7.15. The number of hydrogen-bond acceptors (Lipinski definition) is 3. The minimum absolute atomic E-state index is 0.0995. The lowest BCUT2D eigenvalue weighted by Gasteiger charge is -2.56. The van der Waals surface area contributed by atoms with Gasteiger partial charge >= 0.3 is 0 Å². The standard InChI is InChI=1S/C25H36O3/c1-23(2,3)22(27)18-14-20(26)25(5)12-10-19-17(21(18)25)8-7-15-13-16(28-6)9-11-24(15,19)4/h7,13,17-19,21H,8-12,14H2,1-6H3/t17-,18+,19+,21-,24+,25-/m1/s1. The van der Waals surface area contributed by atoms with Gasteiger partial charge < -0.3 is 4.74 Å². The molecule has 28 heavy (non-hydrogen) atoms. The molecule has 2 fully saturated rings. The first-order valence-electron chi connectivity index (χ1n) is 11.0. The summed E-state index contributed by atoms with van der Waals surface area (Å²) in [5, 5.41) is 0. The Hall–Kier alpha value is -1.38. The summed E-state index contributed by atoms with van der Waals surface area (Å²) in [5.41, 5.74) is 0.872. The lowest BCUT2D eigenvalue weighted by Crippen LogP contribution is -2.51. The van der Waals surface area contributed by atoms with E-state index in [0.717, 1.165) is 37.9 Å². The van der Waals surface area contributed by atoms with Crippen LogP contribution in [0.3, 0.4) is 0 Å². The lowest BCUT2D eigenvalue weighted by molar-refractivity contribution is -0.137. The van der Waals surface area contributed by atoms with E-state index in [1.165, 1.54) is 5.57 Å². The fourth-order valence-electron chi connectivity index (χ4n) is 7.15. The molecule has 0 N–H and O–H groups in total. The van der Waals surface area contributed by atoms with Gasteiger partial charge in [-0.2, -0.15) is 0 Å². The second-order valence-electron chi connectivity index (χ2n) is 11.2. The van der Waals surface area contributed by atoms with Crippen molar-refractivity contribution in [2.24, 2.45) is 39.9 Å². The molecule has 3 nitrogen and oxygen atoms in total. The van der Waals surface area contributed by atoms with Gasteiger partial charge in [-0.05, 0) is 60.5 Å². The summed E-state index contributed by atoms with van der Waals surface area (Å²) in [6.45, 7) is 10.6. The Labute approximate surface area is 170 Å². The Bertz CT molecular complexity index is 767. The second-order valence-corrected chi connectivity index (χ2v) is 11.2. The number of rotatable bonds is 2. The molecular formula is C25H36O3. The van der Waals surface area contributed by atoms with Gasteiger partial charge in [0, 0.05) is 29.6 Å². The van der Waals surface area contributed by atoms with Crippen molar-refractivity contribution < 1.29 is 14.3 Å². The van der Waals surface area contributed by atoms with Crippen LogP contribution in [0.5, 0.6) is 0 Å². The van der Waals surface area contributed by atoms with E-state index >= 15 is 0 Å². The number of ketones is 2. The van der Waals surface area contributed by atoms with E-state index in [9.17, 15) is 9.59 Å². The molecule has 0 saturated heterocycles. The molecule has 0 heterocycles. The zero-order valence-electron chi connectivity index (χ0n) is 18.4. The number of hydrogen-bond donors (Lipinski definition) is 0. The van der Waals surface area contributed by atoms with Gasteiger partial charge in [0.2, 0.25) is 0 Å². The third-order valence-electron chi connectivity index (χ3n) is 8.80. The lowest BCUT2D eigenvalue weighted by atomic mass is 9.47. The van der Waals surface area contributed by atoms with Gasteiger partial charge in [0.1, 0.15) is 11.6 Å². The van der Waals surface area contributed by atoms with E-state index in [0.29, 0.717) is 29.8 Å². The topological polar surface area (TPSA) is 43.4 Å². The van der Waals surface area contributed by atoms with Gasteiger partial charge in [0.25, 0.3) is 0 Å². The van der Waals surface area contributed by atoms with Gasteiger partial charge in [0.15, 0.2) is 0 Å². The average molecular weight is 385 g/mol. The number of methoxy groups -OCH3 is 1. The average Bonchev–Trinajstić information content (AvgIpc) is 2.90. The molecule has 0 unspecified atom stereocenters. The SMILES string of the molecule is COC1=CC2=CC[C@H]3[C@@H]4[C@@H](C(=O)C(C)(C)C)CC(=O)[C@@]4(C)CC[C@@H]3[C@@]2(C)CC1. The van der Waals surface area contributed by atoms with Crippen LogP contribution < -0.4 is 0 Å². The highest BCUT2D eigenvalue weighted by Crippen LogP contribution is 2.65. The van der Waals surface area contributed by atoms with Gasteiger partial charge in [-0.3, -0.25) is 9.59 Å². The van der Waals surface area contributed by atoms with Crippen molar-refractivity contribution in [1.29, 1.82) is 0 Å². The number of Topliss-reactive ketones (excluding diaryl/α,β-unsaturated/α-hetero) is 2. The predicted octanol–water partition coefficient (Wildman–Crippen LogP) is 5.50. The van der Waals surface area contributed by atoms with Crippen molar-refractivity contribution in [2.45, 2.75) is 73.1 Å². The quantitative estimate of drug-likeness (QED) is 0.631. The van der Waals surface area contributed by atoms with E-state index in [1.807, 2.05) is 20.8 Å². The molecule has 0 aromatic heterocycles. The highest BCUT2D eigenvalue weighted by Gasteiger charge is 2.63. The minimum Gasteiger partial charge on any atom is -0.501 e. The summed E-state index contributed by atoms with van der Waals surface area (Å²) in [7, 11) is 1.76. The van der Waals surface area contributed by atoms with Crippen molar-refractivity contribution in [3.63, 3.8) is 0 Å². The van der Waals surface area contributed by atoms with Crippen molar-refractivity contribution in [2.75, 3.05) is 7.11 Å². The Morgan fingerprint density at radius 1 is 1.18 bits per heavy atom. The smallest absolute Gasteiger partial charge is 0.142 e. The van der Waals surface area contributed by atoms with Crippen LogP contribution in [0, 0.1) is 39.9 Å². The number of carbonyl (C=O) groups is 2. The summed E-state index contributed by atoms with van der Waals surface area (Å²) in [5.74, 6) is 2.81. The summed E-state index contributed by atoms with van der Waals surface area (Å²) in [6.07, 6.45) is 10.2. The molecule has 0 aliphatic heterocycles. The maximum Gasteiger partial charge on any atom is 0.142 e. The number of fused-ring (bicyclic) bond motifs is 5. The third-order valence-corrected chi connectivity index (χ3v) is 8.80. The van der Waals surface area contributed by atoms with Crippen LogP contribution in [-0.4, -0.2) is 18.7 Å². The van der Waals surface area contributed by atoms with E-state index in [-0.39, 0.29) is 28.1 Å². The molecule has 0 radical (unpaired) electrons. The Morgan fingerprint density at radius 3 is 2.54 bits per heavy atom. The van der Waals surface area contributed by atoms with Crippen LogP contribution in [0.2, 0.25) is 0 Å². The molecule has 4 aliphatic rings.